The van der Waals surface area contributed by atoms with E-state index in [0.29, 0.717) is 42.6 Å². The van der Waals surface area contributed by atoms with Crippen LogP contribution in [-0.4, -0.2) is 21.3 Å². The Labute approximate surface area is 263 Å². The van der Waals surface area contributed by atoms with Crippen molar-refractivity contribution in [3.8, 4) is 17.2 Å². The predicted molar refractivity (Wildman–Crippen MR) is 179 cm³/mol. The summed E-state index contributed by atoms with van der Waals surface area (Å²) in [6, 6.07) is 32.8. The zero-order chi connectivity index (χ0) is 30.9. The minimum Gasteiger partial charge on any atom is -0.493 e. The van der Waals surface area contributed by atoms with Crippen molar-refractivity contribution in [2.75, 3.05) is 22.5 Å². The number of nitrogens with one attached hydrogen (secondary N) is 1. The number of hydrogen-bond acceptors (Lipinski definition) is 6. The predicted octanol–water partition coefficient (Wildman–Crippen LogP) is 8.60. The lowest BCUT2D eigenvalue weighted by Gasteiger charge is -2.28. The van der Waals surface area contributed by atoms with Crippen LogP contribution < -0.4 is 19.1 Å². The van der Waals surface area contributed by atoms with Gasteiger partial charge in [0, 0.05) is 36.1 Å². The highest BCUT2D eigenvalue weighted by Crippen LogP contribution is 2.31. The molecule has 5 rings (SSSR count). The van der Waals surface area contributed by atoms with Crippen molar-refractivity contribution in [3.63, 3.8) is 0 Å². The van der Waals surface area contributed by atoms with Gasteiger partial charge in [0.15, 0.2) is 5.69 Å². The van der Waals surface area contributed by atoms with Gasteiger partial charge in [-0.3, -0.25) is 4.72 Å². The summed E-state index contributed by atoms with van der Waals surface area (Å²) in [6.45, 7) is 11.0. The average Bonchev–Trinajstić information content (AvgIpc) is 3.52. The Kier molecular flexibility index (Phi) is 9.85. The van der Waals surface area contributed by atoms with Crippen molar-refractivity contribution in [1.82, 2.24) is 0 Å². The van der Waals surface area contributed by atoms with E-state index >= 15 is 0 Å². The standard InChI is InChI=1S/C35H33N3O4S2/c1-26-34(37-44(3,39)40)13-6-14-35(26)38(25-28-8-4-9-29(22-28)36-2)24-27-15-17-30(18-16-27)42-32-11-5-10-31(23-32)41-20-19-33-12-7-21-43-33/h4-18,21-23,37H,19-20,24-25H2,1,3H3. The highest BCUT2D eigenvalue weighted by molar-refractivity contribution is 7.92. The number of sulfonamides is 1. The summed E-state index contributed by atoms with van der Waals surface area (Å²) in [5, 5.41) is 2.07. The van der Waals surface area contributed by atoms with Crippen molar-refractivity contribution in [3.05, 3.63) is 141 Å². The molecule has 0 aliphatic heterocycles. The van der Waals surface area contributed by atoms with E-state index in [1.807, 2.05) is 91.9 Å². The van der Waals surface area contributed by atoms with Crippen LogP contribution in [-0.2, 0) is 29.5 Å². The average molecular weight is 624 g/mol. The van der Waals surface area contributed by atoms with Gasteiger partial charge in [0.1, 0.15) is 17.2 Å². The first-order chi connectivity index (χ1) is 21.3. The monoisotopic (exact) mass is 623 g/mol. The number of rotatable bonds is 13. The van der Waals surface area contributed by atoms with Gasteiger partial charge in [-0.05, 0) is 71.5 Å². The second-order valence-corrected chi connectivity index (χ2v) is 13.1. The fourth-order valence-corrected chi connectivity index (χ4v) is 6.13. The van der Waals surface area contributed by atoms with E-state index in [4.69, 9.17) is 16.0 Å². The lowest BCUT2D eigenvalue weighted by atomic mass is 10.1. The molecule has 0 atom stereocenters. The van der Waals surface area contributed by atoms with Crippen LogP contribution in [0.2, 0.25) is 0 Å². The highest BCUT2D eigenvalue weighted by Gasteiger charge is 2.16. The van der Waals surface area contributed by atoms with Gasteiger partial charge in [-0.2, -0.15) is 0 Å². The molecule has 1 aromatic heterocycles. The molecule has 0 unspecified atom stereocenters. The summed E-state index contributed by atoms with van der Waals surface area (Å²) < 4.78 is 38.7. The van der Waals surface area contributed by atoms with Crippen molar-refractivity contribution in [1.29, 1.82) is 0 Å². The zero-order valence-electron chi connectivity index (χ0n) is 24.6. The van der Waals surface area contributed by atoms with E-state index in [0.717, 1.165) is 40.8 Å². The SMILES string of the molecule is [C-]#[N+]c1cccc(CN(Cc2ccc(Oc3cccc(OCCc4cccs4)c3)cc2)c2cccc(NS(C)(=O)=O)c2C)c1. The van der Waals surface area contributed by atoms with Crippen LogP contribution >= 0.6 is 11.3 Å². The molecule has 0 spiro atoms. The van der Waals surface area contributed by atoms with E-state index in [2.05, 4.69) is 25.9 Å². The number of nitrogens with zero attached hydrogens (tertiary/aromatic N) is 2. The molecule has 1 heterocycles. The Morgan fingerprint density at radius 2 is 1.59 bits per heavy atom. The van der Waals surface area contributed by atoms with Crippen LogP contribution in [0.15, 0.2) is 109 Å². The topological polar surface area (TPSA) is 72.2 Å². The molecule has 0 radical (unpaired) electrons. The summed E-state index contributed by atoms with van der Waals surface area (Å²) in [7, 11) is -3.44. The lowest BCUT2D eigenvalue weighted by molar-refractivity contribution is 0.321. The molecule has 0 saturated heterocycles. The van der Waals surface area contributed by atoms with Gasteiger partial charge in [0.25, 0.3) is 0 Å². The molecule has 5 aromatic rings. The molecule has 0 aliphatic carbocycles. The molecule has 0 saturated carbocycles. The second kappa shape index (κ2) is 14.1. The van der Waals surface area contributed by atoms with Gasteiger partial charge >= 0.3 is 0 Å². The number of benzene rings is 4. The molecule has 1 N–H and O–H groups in total. The van der Waals surface area contributed by atoms with Crippen LogP contribution in [0.25, 0.3) is 4.85 Å². The summed E-state index contributed by atoms with van der Waals surface area (Å²) in [4.78, 5) is 7.05. The normalized spacial score (nSPS) is 11.0. The molecule has 0 bridgehead atoms. The summed E-state index contributed by atoms with van der Waals surface area (Å²) >= 11 is 1.73. The van der Waals surface area contributed by atoms with Gasteiger partial charge < -0.3 is 14.4 Å². The van der Waals surface area contributed by atoms with E-state index in [-0.39, 0.29) is 0 Å². The first kappa shape index (κ1) is 30.7. The molecule has 224 valence electrons. The van der Waals surface area contributed by atoms with Gasteiger partial charge in [-0.25, -0.2) is 13.3 Å². The lowest BCUT2D eigenvalue weighted by Crippen LogP contribution is -2.23. The van der Waals surface area contributed by atoms with Gasteiger partial charge in [-0.15, -0.1) is 11.3 Å². The largest absolute Gasteiger partial charge is 0.493 e. The smallest absolute Gasteiger partial charge is 0.229 e. The number of ether oxygens (including phenoxy) is 2. The Bertz CT molecular complexity index is 1850. The van der Waals surface area contributed by atoms with Gasteiger partial charge in [-0.1, -0.05) is 54.6 Å². The Morgan fingerprint density at radius 1 is 0.841 bits per heavy atom. The molecule has 7 nitrogen and oxygen atoms in total. The van der Waals surface area contributed by atoms with Crippen molar-refractivity contribution >= 4 is 38.4 Å². The van der Waals surface area contributed by atoms with Crippen LogP contribution in [0, 0.1) is 13.5 Å². The molecule has 9 heteroatoms. The quantitative estimate of drug-likeness (QED) is 0.133. The number of hydrogen-bond donors (Lipinski definition) is 1. The third-order valence-corrected chi connectivity index (χ3v) is 8.42. The first-order valence-corrected chi connectivity index (χ1v) is 16.8. The fraction of sp³-hybridized carbons (Fsp3) is 0.171. The van der Waals surface area contributed by atoms with Gasteiger partial charge in [0.2, 0.25) is 10.0 Å². The van der Waals surface area contributed by atoms with E-state index < -0.39 is 10.0 Å². The minimum atomic E-state index is -3.44. The maximum absolute atomic E-state index is 12.0. The van der Waals surface area contributed by atoms with Crippen LogP contribution in [0.3, 0.4) is 0 Å². The summed E-state index contributed by atoms with van der Waals surface area (Å²) in [5.74, 6) is 2.16. The number of anilines is 2. The van der Waals surface area contributed by atoms with E-state index in [1.165, 1.54) is 4.88 Å². The van der Waals surface area contributed by atoms with Crippen LogP contribution in [0.1, 0.15) is 21.6 Å². The fourth-order valence-electron chi connectivity index (χ4n) is 4.82. The summed E-state index contributed by atoms with van der Waals surface area (Å²) in [5.41, 5.74) is 4.85. The molecular weight excluding hydrogens is 591 g/mol. The van der Waals surface area contributed by atoms with Crippen molar-refractivity contribution < 1.29 is 17.9 Å². The van der Waals surface area contributed by atoms with Gasteiger partial charge in [0.05, 0.1) is 25.1 Å². The van der Waals surface area contributed by atoms with E-state index in [9.17, 15) is 8.42 Å². The zero-order valence-corrected chi connectivity index (χ0v) is 26.2. The summed E-state index contributed by atoms with van der Waals surface area (Å²) in [6.07, 6.45) is 2.01. The Morgan fingerprint density at radius 3 is 2.34 bits per heavy atom. The minimum absolute atomic E-state index is 0.532. The van der Waals surface area contributed by atoms with Crippen molar-refractivity contribution in [2.45, 2.75) is 26.4 Å². The Hall–Kier alpha value is -4.78. The maximum atomic E-state index is 12.0. The molecular formula is C35H33N3O4S2. The van der Waals surface area contributed by atoms with Crippen LogP contribution in [0.5, 0.6) is 17.2 Å². The molecule has 44 heavy (non-hydrogen) atoms. The van der Waals surface area contributed by atoms with Crippen molar-refractivity contribution in [2.24, 2.45) is 0 Å². The highest BCUT2D eigenvalue weighted by atomic mass is 32.2. The third-order valence-electron chi connectivity index (χ3n) is 6.89. The maximum Gasteiger partial charge on any atom is 0.229 e. The van der Waals surface area contributed by atoms with E-state index in [1.54, 1.807) is 23.5 Å². The number of thiophene rings is 1. The second-order valence-electron chi connectivity index (χ2n) is 10.4. The molecule has 0 aliphatic rings. The van der Waals surface area contributed by atoms with Crippen LogP contribution in [0.4, 0.5) is 17.1 Å². The molecule has 0 fully saturated rings. The third kappa shape index (κ3) is 8.63. The Balaban J connectivity index is 1.31. The molecule has 0 amide bonds. The molecule has 4 aromatic carbocycles. The first-order valence-electron chi connectivity index (χ1n) is 14.1.